The van der Waals surface area contributed by atoms with Crippen LogP contribution in [0.2, 0.25) is 5.15 Å². The zero-order chi connectivity index (χ0) is 12.7. The summed E-state index contributed by atoms with van der Waals surface area (Å²) in [5.74, 6) is -0.279. The van der Waals surface area contributed by atoms with Gasteiger partial charge < -0.3 is 0 Å². The van der Waals surface area contributed by atoms with E-state index in [9.17, 15) is 9.59 Å². The quantitative estimate of drug-likeness (QED) is 0.775. The minimum Gasteiger partial charge on any atom is -0.288 e. The van der Waals surface area contributed by atoms with Crippen LogP contribution in [0.25, 0.3) is 5.65 Å². The molecule has 1 aliphatic rings. The number of hydrogen-bond acceptors (Lipinski definition) is 4. The first-order chi connectivity index (χ1) is 8.65. The monoisotopic (exact) mass is 265 g/mol. The highest BCUT2D eigenvalue weighted by Crippen LogP contribution is 2.22. The van der Waals surface area contributed by atoms with Gasteiger partial charge in [-0.3, -0.25) is 15.0 Å². The molecule has 2 aromatic heterocycles. The van der Waals surface area contributed by atoms with E-state index in [0.29, 0.717) is 23.0 Å². The Balaban J connectivity index is 2.06. The fourth-order valence-electron chi connectivity index (χ4n) is 1.82. The molecule has 0 atom stereocenters. The van der Waals surface area contributed by atoms with E-state index < -0.39 is 6.03 Å². The average Bonchev–Trinajstić information content (AvgIpc) is 2.72. The Labute approximate surface area is 106 Å². The van der Waals surface area contributed by atoms with Gasteiger partial charge in [-0.2, -0.15) is 5.10 Å². The standard InChI is InChI=1S/C10H8ClN5O2/c11-7-1-4-16-9(13-7)6(5-12-16)15-3-2-8(17)14-10(15)18/h1,4-5H,2-3H2,(H,14,17,18). The van der Waals surface area contributed by atoms with Crippen LogP contribution in [0.4, 0.5) is 10.5 Å². The molecule has 0 aromatic carbocycles. The minimum absolute atomic E-state index is 0.254. The minimum atomic E-state index is -0.470. The summed E-state index contributed by atoms with van der Waals surface area (Å²) in [6, 6.07) is 1.13. The molecule has 0 radical (unpaired) electrons. The van der Waals surface area contributed by atoms with E-state index in [4.69, 9.17) is 11.6 Å². The normalized spacial score (nSPS) is 16.2. The Hall–Kier alpha value is -2.15. The van der Waals surface area contributed by atoms with Crippen LogP contribution >= 0.6 is 11.6 Å². The molecule has 0 aliphatic carbocycles. The topological polar surface area (TPSA) is 79.6 Å². The fourth-order valence-corrected chi connectivity index (χ4v) is 1.96. The smallest absolute Gasteiger partial charge is 0.288 e. The number of carbonyl (C=O) groups is 2. The van der Waals surface area contributed by atoms with Gasteiger partial charge in [-0.05, 0) is 6.07 Å². The number of carbonyl (C=O) groups excluding carboxylic acids is 2. The molecule has 1 saturated heterocycles. The van der Waals surface area contributed by atoms with Gasteiger partial charge in [0.1, 0.15) is 10.8 Å². The average molecular weight is 266 g/mol. The van der Waals surface area contributed by atoms with Gasteiger partial charge in [0.05, 0.1) is 6.20 Å². The summed E-state index contributed by atoms with van der Waals surface area (Å²) < 4.78 is 1.52. The van der Waals surface area contributed by atoms with Crippen molar-refractivity contribution in [3.63, 3.8) is 0 Å². The Morgan fingerprint density at radius 3 is 3.00 bits per heavy atom. The van der Waals surface area contributed by atoms with Crippen molar-refractivity contribution in [1.29, 1.82) is 0 Å². The van der Waals surface area contributed by atoms with Gasteiger partial charge >= 0.3 is 6.03 Å². The van der Waals surface area contributed by atoms with Crippen molar-refractivity contribution < 1.29 is 9.59 Å². The summed E-state index contributed by atoms with van der Waals surface area (Å²) >= 11 is 5.82. The van der Waals surface area contributed by atoms with Crippen molar-refractivity contribution in [2.24, 2.45) is 0 Å². The van der Waals surface area contributed by atoms with Crippen LogP contribution in [0.3, 0.4) is 0 Å². The second kappa shape index (κ2) is 3.95. The molecule has 8 heteroatoms. The van der Waals surface area contributed by atoms with E-state index in [1.165, 1.54) is 15.6 Å². The lowest BCUT2D eigenvalue weighted by atomic mass is 10.3. The predicted molar refractivity (Wildman–Crippen MR) is 63.5 cm³/mol. The summed E-state index contributed by atoms with van der Waals surface area (Å²) in [5, 5.41) is 6.64. The molecule has 18 heavy (non-hydrogen) atoms. The summed E-state index contributed by atoms with van der Waals surface area (Å²) in [6.07, 6.45) is 3.43. The van der Waals surface area contributed by atoms with E-state index in [1.54, 1.807) is 12.3 Å². The Kier molecular flexibility index (Phi) is 2.41. The number of aromatic nitrogens is 3. The first-order valence-electron chi connectivity index (χ1n) is 5.26. The number of hydrogen-bond donors (Lipinski definition) is 1. The second-order valence-electron chi connectivity index (χ2n) is 3.80. The maximum Gasteiger partial charge on any atom is 0.328 e. The summed E-state index contributed by atoms with van der Waals surface area (Å²) in [7, 11) is 0. The molecule has 3 amide bonds. The summed E-state index contributed by atoms with van der Waals surface area (Å²) in [5.41, 5.74) is 1.01. The lowest BCUT2D eigenvalue weighted by Gasteiger charge is -2.25. The highest BCUT2D eigenvalue weighted by atomic mass is 35.5. The zero-order valence-electron chi connectivity index (χ0n) is 9.13. The van der Waals surface area contributed by atoms with Crippen LogP contribution in [0.5, 0.6) is 0 Å². The fraction of sp³-hybridized carbons (Fsp3) is 0.200. The number of anilines is 1. The number of fused-ring (bicyclic) bond motifs is 1. The molecular weight excluding hydrogens is 258 g/mol. The molecule has 1 aliphatic heterocycles. The number of nitrogens with zero attached hydrogens (tertiary/aromatic N) is 4. The van der Waals surface area contributed by atoms with Gasteiger partial charge in [-0.15, -0.1) is 0 Å². The lowest BCUT2D eigenvalue weighted by molar-refractivity contribution is -0.120. The maximum atomic E-state index is 11.7. The van der Waals surface area contributed by atoms with E-state index in [1.807, 2.05) is 0 Å². The van der Waals surface area contributed by atoms with Crippen molar-refractivity contribution in [2.45, 2.75) is 6.42 Å². The lowest BCUT2D eigenvalue weighted by Crippen LogP contribution is -2.49. The molecule has 1 fully saturated rings. The molecule has 3 heterocycles. The molecule has 7 nitrogen and oxygen atoms in total. The van der Waals surface area contributed by atoms with Gasteiger partial charge in [-0.1, -0.05) is 11.6 Å². The number of urea groups is 1. The molecular formula is C10H8ClN5O2. The number of imide groups is 1. The molecule has 2 aromatic rings. The number of rotatable bonds is 1. The van der Waals surface area contributed by atoms with Gasteiger partial charge in [-0.25, -0.2) is 14.3 Å². The third kappa shape index (κ3) is 1.68. The van der Waals surface area contributed by atoms with Crippen molar-refractivity contribution in [1.82, 2.24) is 19.9 Å². The first-order valence-corrected chi connectivity index (χ1v) is 5.64. The van der Waals surface area contributed by atoms with Crippen LogP contribution in [-0.4, -0.2) is 33.1 Å². The zero-order valence-corrected chi connectivity index (χ0v) is 9.89. The first kappa shape index (κ1) is 11.0. The highest BCUT2D eigenvalue weighted by Gasteiger charge is 2.26. The molecule has 0 saturated carbocycles. The van der Waals surface area contributed by atoms with Gasteiger partial charge in [0.2, 0.25) is 5.91 Å². The number of nitrogens with one attached hydrogen (secondary N) is 1. The van der Waals surface area contributed by atoms with E-state index in [2.05, 4.69) is 15.4 Å². The summed E-state index contributed by atoms with van der Waals surface area (Å²) in [6.45, 7) is 0.306. The van der Waals surface area contributed by atoms with Crippen LogP contribution in [0, 0.1) is 0 Å². The van der Waals surface area contributed by atoms with Crippen LogP contribution < -0.4 is 10.2 Å². The van der Waals surface area contributed by atoms with Crippen molar-refractivity contribution in [2.75, 3.05) is 11.4 Å². The highest BCUT2D eigenvalue weighted by molar-refractivity contribution is 6.29. The maximum absolute atomic E-state index is 11.7. The van der Waals surface area contributed by atoms with E-state index in [0.717, 1.165) is 0 Å². The number of halogens is 1. The third-order valence-corrected chi connectivity index (χ3v) is 2.87. The number of amides is 3. The van der Waals surface area contributed by atoms with Gasteiger partial charge in [0.15, 0.2) is 5.65 Å². The molecule has 0 spiro atoms. The Bertz CT molecular complexity index is 653. The van der Waals surface area contributed by atoms with Gasteiger partial charge in [0, 0.05) is 19.2 Å². The largest absolute Gasteiger partial charge is 0.328 e. The van der Waals surface area contributed by atoms with Crippen molar-refractivity contribution in [3.05, 3.63) is 23.6 Å². The van der Waals surface area contributed by atoms with Crippen molar-refractivity contribution in [3.8, 4) is 0 Å². The van der Waals surface area contributed by atoms with Crippen LogP contribution in [-0.2, 0) is 4.79 Å². The third-order valence-electron chi connectivity index (χ3n) is 2.66. The van der Waals surface area contributed by atoms with E-state index in [-0.39, 0.29) is 12.3 Å². The predicted octanol–water partition coefficient (Wildman–Crippen LogP) is 0.829. The van der Waals surface area contributed by atoms with Gasteiger partial charge in [0.25, 0.3) is 0 Å². The van der Waals surface area contributed by atoms with Crippen LogP contribution in [0.1, 0.15) is 6.42 Å². The Morgan fingerprint density at radius 1 is 1.39 bits per heavy atom. The molecule has 92 valence electrons. The molecule has 1 N–H and O–H groups in total. The van der Waals surface area contributed by atoms with E-state index >= 15 is 0 Å². The Morgan fingerprint density at radius 2 is 2.22 bits per heavy atom. The molecule has 3 rings (SSSR count). The second-order valence-corrected chi connectivity index (χ2v) is 4.19. The van der Waals surface area contributed by atoms with Crippen LogP contribution in [0.15, 0.2) is 18.5 Å². The molecule has 0 unspecified atom stereocenters. The summed E-state index contributed by atoms with van der Waals surface area (Å²) in [4.78, 5) is 28.4. The molecule has 0 bridgehead atoms. The van der Waals surface area contributed by atoms with Crippen molar-refractivity contribution >= 4 is 34.9 Å². The SMILES string of the molecule is O=C1CCN(c2cnn3ccc(Cl)nc23)C(=O)N1.